The first-order chi connectivity index (χ1) is 7.27. The number of carbonyl (C=O) groups is 1. The zero-order chi connectivity index (χ0) is 10.7. The van der Waals surface area contributed by atoms with Crippen LogP contribution in [0.2, 0.25) is 0 Å². The lowest BCUT2D eigenvalue weighted by atomic mass is 9.87. The van der Waals surface area contributed by atoms with Gasteiger partial charge in [0, 0.05) is 5.92 Å². The van der Waals surface area contributed by atoms with Crippen LogP contribution in [-0.4, -0.2) is 26.3 Å². The maximum absolute atomic E-state index is 10.7. The van der Waals surface area contributed by atoms with E-state index in [2.05, 4.69) is 15.2 Å². The summed E-state index contributed by atoms with van der Waals surface area (Å²) in [5, 5.41) is 15.9. The molecule has 5 heteroatoms. The van der Waals surface area contributed by atoms with E-state index >= 15 is 0 Å². The van der Waals surface area contributed by atoms with Gasteiger partial charge in [-0.25, -0.2) is 9.78 Å². The zero-order valence-electron chi connectivity index (χ0n) is 8.39. The van der Waals surface area contributed by atoms with Gasteiger partial charge in [-0.05, 0) is 12.8 Å². The summed E-state index contributed by atoms with van der Waals surface area (Å²) in [5.74, 6) is -0.939. The molecule has 2 rings (SSSR count). The highest BCUT2D eigenvalue weighted by Gasteiger charge is 2.19. The molecule has 0 radical (unpaired) electrons. The minimum Gasteiger partial charge on any atom is -0.475 e. The van der Waals surface area contributed by atoms with Gasteiger partial charge in [-0.3, -0.25) is 0 Å². The van der Waals surface area contributed by atoms with Crippen molar-refractivity contribution in [1.29, 1.82) is 0 Å². The molecular formula is C10H13N3O2. The number of hydrogen-bond acceptors (Lipinski definition) is 4. The fourth-order valence-electron chi connectivity index (χ4n) is 2.00. The van der Waals surface area contributed by atoms with Gasteiger partial charge in [-0.2, -0.15) is 5.10 Å². The van der Waals surface area contributed by atoms with E-state index in [4.69, 9.17) is 5.11 Å². The number of carboxylic acids is 1. The standard InChI is InChI=1S/C10H13N3O2/c14-10(15)9-12-8(6-11-13-9)7-4-2-1-3-5-7/h6-7H,1-5H2,(H,14,15). The predicted molar refractivity (Wildman–Crippen MR) is 52.6 cm³/mol. The molecule has 0 aromatic carbocycles. The van der Waals surface area contributed by atoms with Crippen molar-refractivity contribution >= 4 is 5.97 Å². The molecule has 80 valence electrons. The van der Waals surface area contributed by atoms with Gasteiger partial charge in [0.15, 0.2) is 0 Å². The molecule has 1 N–H and O–H groups in total. The third-order valence-electron chi connectivity index (χ3n) is 2.79. The van der Waals surface area contributed by atoms with E-state index in [0.717, 1.165) is 18.5 Å². The molecule has 0 amide bonds. The summed E-state index contributed by atoms with van der Waals surface area (Å²) < 4.78 is 0. The first kappa shape index (κ1) is 10.0. The number of carboxylic acid groups (broad SMARTS) is 1. The molecule has 5 nitrogen and oxygen atoms in total. The number of hydrogen-bond donors (Lipinski definition) is 1. The Hall–Kier alpha value is -1.52. The van der Waals surface area contributed by atoms with Crippen LogP contribution in [0.25, 0.3) is 0 Å². The summed E-state index contributed by atoms with van der Waals surface area (Å²) >= 11 is 0. The minimum atomic E-state index is -1.11. The van der Waals surface area contributed by atoms with E-state index in [-0.39, 0.29) is 5.82 Å². The smallest absolute Gasteiger partial charge is 0.375 e. The molecule has 1 aromatic rings. The predicted octanol–water partition coefficient (Wildman–Crippen LogP) is 1.62. The maximum Gasteiger partial charge on any atom is 0.375 e. The first-order valence-corrected chi connectivity index (χ1v) is 5.20. The lowest BCUT2D eigenvalue weighted by Crippen LogP contribution is -2.12. The molecule has 1 heterocycles. The fraction of sp³-hybridized carbons (Fsp3) is 0.600. The topological polar surface area (TPSA) is 76.0 Å². The number of aromatic nitrogens is 3. The van der Waals surface area contributed by atoms with Crippen LogP contribution in [0.3, 0.4) is 0 Å². The third-order valence-corrected chi connectivity index (χ3v) is 2.79. The van der Waals surface area contributed by atoms with Crippen molar-refractivity contribution in [3.05, 3.63) is 17.7 Å². The van der Waals surface area contributed by atoms with Crippen molar-refractivity contribution < 1.29 is 9.90 Å². The first-order valence-electron chi connectivity index (χ1n) is 5.20. The molecule has 1 aromatic heterocycles. The van der Waals surface area contributed by atoms with Gasteiger partial charge >= 0.3 is 5.97 Å². The van der Waals surface area contributed by atoms with Crippen LogP contribution in [0.5, 0.6) is 0 Å². The van der Waals surface area contributed by atoms with Crippen LogP contribution in [0.15, 0.2) is 6.20 Å². The normalized spacial score (nSPS) is 17.6. The highest BCUT2D eigenvalue weighted by molar-refractivity contribution is 5.82. The second-order valence-corrected chi connectivity index (χ2v) is 3.84. The molecule has 15 heavy (non-hydrogen) atoms. The molecule has 1 aliphatic carbocycles. The van der Waals surface area contributed by atoms with Crippen molar-refractivity contribution in [2.45, 2.75) is 38.0 Å². The Kier molecular flexibility index (Phi) is 2.89. The molecule has 0 aliphatic heterocycles. The quantitative estimate of drug-likeness (QED) is 0.797. The van der Waals surface area contributed by atoms with Crippen LogP contribution in [0.4, 0.5) is 0 Å². The maximum atomic E-state index is 10.7. The van der Waals surface area contributed by atoms with Crippen molar-refractivity contribution in [2.24, 2.45) is 0 Å². The summed E-state index contributed by atoms with van der Waals surface area (Å²) in [6, 6.07) is 0. The van der Waals surface area contributed by atoms with Gasteiger partial charge in [0.2, 0.25) is 0 Å². The molecule has 0 saturated heterocycles. The highest BCUT2D eigenvalue weighted by atomic mass is 16.4. The van der Waals surface area contributed by atoms with E-state index in [0.29, 0.717) is 5.92 Å². The summed E-state index contributed by atoms with van der Waals surface area (Å²) in [7, 11) is 0. The summed E-state index contributed by atoms with van der Waals surface area (Å²) in [4.78, 5) is 14.7. The van der Waals surface area contributed by atoms with E-state index in [1.807, 2.05) is 0 Å². The Morgan fingerprint density at radius 2 is 2.07 bits per heavy atom. The number of rotatable bonds is 2. The van der Waals surface area contributed by atoms with Gasteiger partial charge in [-0.1, -0.05) is 19.3 Å². The van der Waals surface area contributed by atoms with Gasteiger partial charge in [0.25, 0.3) is 5.82 Å². The second-order valence-electron chi connectivity index (χ2n) is 3.84. The fourth-order valence-corrected chi connectivity index (χ4v) is 2.00. The monoisotopic (exact) mass is 207 g/mol. The largest absolute Gasteiger partial charge is 0.475 e. The molecule has 1 fully saturated rings. The zero-order valence-corrected chi connectivity index (χ0v) is 8.39. The average Bonchev–Trinajstić information content (AvgIpc) is 2.30. The Morgan fingerprint density at radius 3 is 2.73 bits per heavy atom. The van der Waals surface area contributed by atoms with E-state index < -0.39 is 5.97 Å². The van der Waals surface area contributed by atoms with Crippen LogP contribution in [0.1, 0.15) is 54.3 Å². The third kappa shape index (κ3) is 2.29. The molecule has 0 atom stereocenters. The van der Waals surface area contributed by atoms with E-state index in [1.54, 1.807) is 6.20 Å². The van der Waals surface area contributed by atoms with E-state index in [9.17, 15) is 4.79 Å². The number of aromatic carboxylic acids is 1. The van der Waals surface area contributed by atoms with Gasteiger partial charge in [0.1, 0.15) is 0 Å². The minimum absolute atomic E-state index is 0.196. The Morgan fingerprint density at radius 1 is 1.33 bits per heavy atom. The number of nitrogens with zero attached hydrogens (tertiary/aromatic N) is 3. The molecule has 0 spiro atoms. The van der Waals surface area contributed by atoms with Crippen LogP contribution in [0, 0.1) is 0 Å². The molecular weight excluding hydrogens is 194 g/mol. The van der Waals surface area contributed by atoms with Crippen LogP contribution < -0.4 is 0 Å². The van der Waals surface area contributed by atoms with Crippen molar-refractivity contribution in [3.8, 4) is 0 Å². The second kappa shape index (κ2) is 4.33. The molecule has 0 bridgehead atoms. The Labute approximate surface area is 87.6 Å². The van der Waals surface area contributed by atoms with Crippen molar-refractivity contribution in [2.75, 3.05) is 0 Å². The summed E-state index contributed by atoms with van der Waals surface area (Å²) in [6.07, 6.45) is 7.40. The lowest BCUT2D eigenvalue weighted by Gasteiger charge is -2.20. The van der Waals surface area contributed by atoms with Crippen molar-refractivity contribution in [3.63, 3.8) is 0 Å². The van der Waals surface area contributed by atoms with Crippen LogP contribution in [-0.2, 0) is 0 Å². The Balaban J connectivity index is 2.19. The molecule has 1 saturated carbocycles. The molecule has 0 unspecified atom stereocenters. The van der Waals surface area contributed by atoms with Gasteiger partial charge < -0.3 is 5.11 Å². The Bertz CT molecular complexity index is 361. The summed E-state index contributed by atoms with van der Waals surface area (Å²) in [6.45, 7) is 0. The van der Waals surface area contributed by atoms with E-state index in [1.165, 1.54) is 19.3 Å². The lowest BCUT2D eigenvalue weighted by molar-refractivity contribution is 0.0681. The van der Waals surface area contributed by atoms with Crippen molar-refractivity contribution in [1.82, 2.24) is 15.2 Å². The SMILES string of the molecule is O=C(O)c1nncc(C2CCCCC2)n1. The van der Waals surface area contributed by atoms with Gasteiger partial charge in [0.05, 0.1) is 11.9 Å². The average molecular weight is 207 g/mol. The highest BCUT2D eigenvalue weighted by Crippen LogP contribution is 2.30. The van der Waals surface area contributed by atoms with Crippen LogP contribution >= 0.6 is 0 Å². The summed E-state index contributed by atoms with van der Waals surface area (Å²) in [5.41, 5.74) is 0.780. The molecule has 1 aliphatic rings. The van der Waals surface area contributed by atoms with Gasteiger partial charge in [-0.15, -0.1) is 5.10 Å².